The van der Waals surface area contributed by atoms with Crippen LogP contribution < -0.4 is 5.32 Å². The average molecular weight is 392 g/mol. The molecule has 2 unspecified atom stereocenters. The molecule has 0 amide bonds. The molecule has 0 saturated carbocycles. The summed E-state index contributed by atoms with van der Waals surface area (Å²) in [7, 11) is 1.63. The maximum Gasteiger partial charge on any atom is 0.189 e. The Morgan fingerprint density at radius 3 is 2.31 bits per heavy atom. The van der Waals surface area contributed by atoms with Crippen LogP contribution in [0, 0.1) is 0 Å². The lowest BCUT2D eigenvalue weighted by molar-refractivity contribution is -0.276. The normalized spacial score (nSPS) is 19.6. The molecule has 4 heteroatoms. The first-order valence-electron chi connectivity index (χ1n) is 10.2. The molecule has 3 aromatic rings. The van der Waals surface area contributed by atoms with Crippen LogP contribution in [0.15, 0.2) is 72.8 Å². The van der Waals surface area contributed by atoms with E-state index in [-0.39, 0.29) is 0 Å². The Balaban J connectivity index is 1.73. The molecule has 0 spiro atoms. The molecule has 2 N–H and O–H groups in total. The van der Waals surface area contributed by atoms with Gasteiger partial charge in [0.1, 0.15) is 5.60 Å². The highest BCUT2D eigenvalue weighted by Crippen LogP contribution is 2.41. The van der Waals surface area contributed by atoms with Gasteiger partial charge in [-0.05, 0) is 54.8 Å². The molecule has 1 heterocycles. The summed E-state index contributed by atoms with van der Waals surface area (Å²) in [5.41, 5.74) is 0.462. The number of benzene rings is 3. The number of hydrogen-bond acceptors (Lipinski definition) is 4. The Labute approximate surface area is 172 Å². The number of hydrogen-bond donors (Lipinski definition) is 2. The predicted octanol–water partition coefficient (Wildman–Crippen LogP) is 4.32. The second-order valence-corrected chi connectivity index (χ2v) is 7.92. The summed E-state index contributed by atoms with van der Waals surface area (Å²) >= 11 is 0. The van der Waals surface area contributed by atoms with Gasteiger partial charge in [-0.15, -0.1) is 0 Å². The van der Waals surface area contributed by atoms with Crippen LogP contribution in [0.4, 0.5) is 0 Å². The molecule has 3 aromatic carbocycles. The molecule has 1 aliphatic rings. The highest BCUT2D eigenvalue weighted by Gasteiger charge is 2.44. The van der Waals surface area contributed by atoms with E-state index < -0.39 is 17.5 Å². The highest BCUT2D eigenvalue weighted by atomic mass is 16.6. The molecule has 0 bridgehead atoms. The first-order chi connectivity index (χ1) is 14.1. The first-order valence-corrected chi connectivity index (χ1v) is 10.2. The summed E-state index contributed by atoms with van der Waals surface area (Å²) in [4.78, 5) is 0. The van der Waals surface area contributed by atoms with Gasteiger partial charge in [0.2, 0.25) is 0 Å². The van der Waals surface area contributed by atoms with E-state index in [2.05, 4.69) is 35.6 Å². The predicted molar refractivity (Wildman–Crippen MR) is 116 cm³/mol. The first kappa shape index (κ1) is 20.0. The Bertz CT molecular complexity index is 947. The fraction of sp³-hybridized carbons (Fsp3) is 0.360. The monoisotopic (exact) mass is 391 g/mol. The van der Waals surface area contributed by atoms with Crippen LogP contribution in [0.5, 0.6) is 0 Å². The summed E-state index contributed by atoms with van der Waals surface area (Å²) in [6.07, 6.45) is 0.462. The van der Waals surface area contributed by atoms with Gasteiger partial charge in [-0.3, -0.25) is 0 Å². The van der Waals surface area contributed by atoms with Gasteiger partial charge in [0, 0.05) is 7.11 Å². The van der Waals surface area contributed by atoms with Crippen molar-refractivity contribution in [3.8, 4) is 0 Å². The minimum Gasteiger partial charge on any atom is -0.368 e. The second kappa shape index (κ2) is 8.25. The molecule has 0 aromatic heterocycles. The van der Waals surface area contributed by atoms with Crippen molar-refractivity contribution in [2.24, 2.45) is 0 Å². The topological polar surface area (TPSA) is 50.7 Å². The van der Waals surface area contributed by atoms with E-state index in [0.717, 1.165) is 47.8 Å². The second-order valence-electron chi connectivity index (χ2n) is 7.92. The molecule has 1 saturated heterocycles. The quantitative estimate of drug-likeness (QED) is 0.615. The summed E-state index contributed by atoms with van der Waals surface area (Å²) < 4.78 is 12.4. The zero-order valence-electron chi connectivity index (χ0n) is 17.1. The zero-order valence-corrected chi connectivity index (χ0v) is 17.1. The maximum atomic E-state index is 11.4. The van der Waals surface area contributed by atoms with Crippen LogP contribution >= 0.6 is 0 Å². The average Bonchev–Trinajstić information content (AvgIpc) is 2.79. The van der Waals surface area contributed by atoms with Crippen molar-refractivity contribution in [2.45, 2.75) is 37.3 Å². The summed E-state index contributed by atoms with van der Waals surface area (Å²) in [6.45, 7) is 3.60. The van der Waals surface area contributed by atoms with Crippen molar-refractivity contribution in [1.29, 1.82) is 0 Å². The zero-order chi connectivity index (χ0) is 20.3. The van der Waals surface area contributed by atoms with Gasteiger partial charge in [0.05, 0.1) is 5.60 Å². The standard InChI is InChI=1S/C25H29NO3/c1-24(28-2,22-14-8-10-19-9-6-7-13-21(19)22)23(27)29-25(15-17-26-18-16-25)20-11-4-3-5-12-20/h3-14,23,26-27H,15-18H2,1-2H3. The number of fused-ring (bicyclic) bond motifs is 1. The van der Waals surface area contributed by atoms with E-state index in [1.807, 2.05) is 49.4 Å². The number of aliphatic hydroxyl groups excluding tert-OH is 1. The molecule has 4 nitrogen and oxygen atoms in total. The van der Waals surface area contributed by atoms with Crippen LogP contribution in [-0.2, 0) is 20.7 Å². The van der Waals surface area contributed by atoms with E-state index in [4.69, 9.17) is 9.47 Å². The van der Waals surface area contributed by atoms with Crippen LogP contribution in [0.1, 0.15) is 30.9 Å². The number of nitrogens with one attached hydrogen (secondary N) is 1. The van der Waals surface area contributed by atoms with Crippen molar-refractivity contribution in [1.82, 2.24) is 5.32 Å². The third-order valence-corrected chi connectivity index (χ3v) is 6.27. The van der Waals surface area contributed by atoms with Crippen molar-refractivity contribution in [3.05, 3.63) is 83.9 Å². The van der Waals surface area contributed by atoms with Gasteiger partial charge < -0.3 is 19.9 Å². The Kier molecular flexibility index (Phi) is 5.70. The van der Waals surface area contributed by atoms with Crippen molar-refractivity contribution < 1.29 is 14.6 Å². The molecule has 1 aliphatic heterocycles. The number of rotatable bonds is 6. The summed E-state index contributed by atoms with van der Waals surface area (Å²) in [5.74, 6) is 0. The Hall–Kier alpha value is -2.24. The van der Waals surface area contributed by atoms with E-state index in [1.54, 1.807) is 7.11 Å². The van der Waals surface area contributed by atoms with Crippen LogP contribution in [-0.4, -0.2) is 31.6 Å². The van der Waals surface area contributed by atoms with Gasteiger partial charge >= 0.3 is 0 Å². The molecule has 2 atom stereocenters. The lowest BCUT2D eigenvalue weighted by Crippen LogP contribution is -2.49. The van der Waals surface area contributed by atoms with Gasteiger partial charge in [0.15, 0.2) is 6.29 Å². The minimum absolute atomic E-state index is 0.545. The molecule has 0 aliphatic carbocycles. The SMILES string of the molecule is COC(C)(c1cccc2ccccc12)C(O)OC1(c2ccccc2)CCNCC1. The van der Waals surface area contributed by atoms with E-state index in [0.29, 0.717) is 0 Å². The fourth-order valence-corrected chi connectivity index (χ4v) is 4.38. The van der Waals surface area contributed by atoms with Gasteiger partial charge in [-0.25, -0.2) is 0 Å². The minimum atomic E-state index is -1.13. The van der Waals surface area contributed by atoms with Gasteiger partial charge in [-0.2, -0.15) is 0 Å². The molecule has 29 heavy (non-hydrogen) atoms. The molecular formula is C25H29NO3. The maximum absolute atomic E-state index is 11.4. The molecule has 4 rings (SSSR count). The number of aliphatic hydroxyl groups is 1. The van der Waals surface area contributed by atoms with Crippen molar-refractivity contribution >= 4 is 10.8 Å². The number of piperidine rings is 1. The molecule has 152 valence electrons. The van der Waals surface area contributed by atoms with Gasteiger partial charge in [0.25, 0.3) is 0 Å². The lowest BCUT2D eigenvalue weighted by Gasteiger charge is -2.44. The largest absolute Gasteiger partial charge is 0.368 e. The molecule has 0 radical (unpaired) electrons. The number of ether oxygens (including phenoxy) is 2. The van der Waals surface area contributed by atoms with Crippen LogP contribution in [0.3, 0.4) is 0 Å². The summed E-state index contributed by atoms with van der Waals surface area (Å²) in [5, 5.41) is 17.0. The van der Waals surface area contributed by atoms with Crippen LogP contribution in [0.2, 0.25) is 0 Å². The highest BCUT2D eigenvalue weighted by molar-refractivity contribution is 5.86. The number of methoxy groups -OCH3 is 1. The third-order valence-electron chi connectivity index (χ3n) is 6.27. The molecule has 1 fully saturated rings. The van der Waals surface area contributed by atoms with E-state index >= 15 is 0 Å². The summed E-state index contributed by atoms with van der Waals surface area (Å²) in [6, 6.07) is 24.5. The van der Waals surface area contributed by atoms with Crippen molar-refractivity contribution in [3.63, 3.8) is 0 Å². The van der Waals surface area contributed by atoms with E-state index in [9.17, 15) is 5.11 Å². The molecular weight excluding hydrogens is 362 g/mol. The van der Waals surface area contributed by atoms with Crippen LogP contribution in [0.25, 0.3) is 10.8 Å². The Morgan fingerprint density at radius 2 is 1.59 bits per heavy atom. The third kappa shape index (κ3) is 3.69. The van der Waals surface area contributed by atoms with E-state index in [1.165, 1.54) is 0 Å². The van der Waals surface area contributed by atoms with Crippen molar-refractivity contribution in [2.75, 3.05) is 20.2 Å². The fourth-order valence-electron chi connectivity index (χ4n) is 4.38. The lowest BCUT2D eigenvalue weighted by atomic mass is 9.83. The smallest absolute Gasteiger partial charge is 0.189 e. The van der Waals surface area contributed by atoms with Gasteiger partial charge in [-0.1, -0.05) is 72.8 Å². The Morgan fingerprint density at radius 1 is 0.931 bits per heavy atom.